The lowest BCUT2D eigenvalue weighted by Gasteiger charge is -2.13. The highest BCUT2D eigenvalue weighted by atomic mass is 79.9. The second-order valence-electron chi connectivity index (χ2n) is 4.31. The molecule has 0 unspecified atom stereocenters. The molecule has 0 aliphatic rings. The van der Waals surface area contributed by atoms with E-state index in [1.807, 2.05) is 42.5 Å². The number of carbonyl (C=O) groups excluding carboxylic acids is 1. The molecule has 0 heterocycles. The molecule has 0 saturated carbocycles. The van der Waals surface area contributed by atoms with Crippen LogP contribution in [-0.2, 0) is 11.2 Å². The Bertz CT molecular complexity index is 606. The Morgan fingerprint density at radius 1 is 1.20 bits per heavy atom. The number of carbonyl (C=O) groups is 1. The summed E-state index contributed by atoms with van der Waals surface area (Å²) in [6, 6.07) is 13.3. The predicted molar refractivity (Wildman–Crippen MR) is 81.7 cm³/mol. The fraction of sp³-hybridized carbons (Fsp3) is 0.188. The van der Waals surface area contributed by atoms with Crippen LogP contribution < -0.4 is 0 Å². The minimum atomic E-state index is -0.382. The predicted octanol–water partition coefficient (Wildman–Crippen LogP) is 3.44. The van der Waals surface area contributed by atoms with Crippen molar-refractivity contribution in [3.8, 4) is 11.1 Å². The van der Waals surface area contributed by atoms with Crippen LogP contribution in [0.5, 0.6) is 0 Å². The molecule has 104 valence electrons. The number of hydrogen-bond acceptors (Lipinski definition) is 3. The van der Waals surface area contributed by atoms with Gasteiger partial charge in [-0.2, -0.15) is 0 Å². The summed E-state index contributed by atoms with van der Waals surface area (Å²) in [7, 11) is 1.36. The molecule has 0 bridgehead atoms. The number of benzene rings is 2. The zero-order chi connectivity index (χ0) is 14.5. The summed E-state index contributed by atoms with van der Waals surface area (Å²) in [6.45, 7) is -0.00617. The molecule has 3 nitrogen and oxygen atoms in total. The zero-order valence-electron chi connectivity index (χ0n) is 11.1. The molecule has 2 rings (SSSR count). The SMILES string of the molecule is COC(=O)c1c(CCO)cccc1-c1ccc(Br)cc1. The highest BCUT2D eigenvalue weighted by Crippen LogP contribution is 2.28. The first-order valence-corrected chi connectivity index (χ1v) is 7.03. The molecule has 0 spiro atoms. The minimum absolute atomic E-state index is 0.00617. The molecule has 1 N–H and O–H groups in total. The van der Waals surface area contributed by atoms with Gasteiger partial charge in [0.15, 0.2) is 0 Å². The molecular weight excluding hydrogens is 320 g/mol. The van der Waals surface area contributed by atoms with Crippen molar-refractivity contribution in [1.29, 1.82) is 0 Å². The van der Waals surface area contributed by atoms with Crippen LogP contribution in [0.3, 0.4) is 0 Å². The van der Waals surface area contributed by atoms with Gasteiger partial charge in [0.2, 0.25) is 0 Å². The van der Waals surface area contributed by atoms with Crippen molar-refractivity contribution < 1.29 is 14.6 Å². The average molecular weight is 335 g/mol. The molecular formula is C16H15BrO3. The van der Waals surface area contributed by atoms with E-state index < -0.39 is 0 Å². The standard InChI is InChI=1S/C16H15BrO3/c1-20-16(19)15-12(9-10-18)3-2-4-14(15)11-5-7-13(17)8-6-11/h2-8,18H,9-10H2,1H3. The zero-order valence-corrected chi connectivity index (χ0v) is 12.7. The maximum Gasteiger partial charge on any atom is 0.338 e. The second kappa shape index (κ2) is 6.68. The van der Waals surface area contributed by atoms with Crippen molar-refractivity contribution in [3.63, 3.8) is 0 Å². The van der Waals surface area contributed by atoms with Crippen LogP contribution in [0.4, 0.5) is 0 Å². The third-order valence-corrected chi connectivity index (χ3v) is 3.61. The van der Waals surface area contributed by atoms with E-state index in [1.54, 1.807) is 0 Å². The lowest BCUT2D eigenvalue weighted by molar-refractivity contribution is 0.0600. The van der Waals surface area contributed by atoms with E-state index in [9.17, 15) is 4.79 Å². The molecule has 2 aromatic rings. The highest BCUT2D eigenvalue weighted by molar-refractivity contribution is 9.10. The maximum absolute atomic E-state index is 12.1. The van der Waals surface area contributed by atoms with Crippen LogP contribution in [0.15, 0.2) is 46.9 Å². The first-order chi connectivity index (χ1) is 9.67. The molecule has 20 heavy (non-hydrogen) atoms. The number of hydrogen-bond donors (Lipinski definition) is 1. The minimum Gasteiger partial charge on any atom is -0.465 e. The van der Waals surface area contributed by atoms with Crippen molar-refractivity contribution in [2.75, 3.05) is 13.7 Å². The molecule has 2 aromatic carbocycles. The maximum atomic E-state index is 12.1. The third-order valence-electron chi connectivity index (χ3n) is 3.08. The van der Waals surface area contributed by atoms with Crippen LogP contribution >= 0.6 is 15.9 Å². The van der Waals surface area contributed by atoms with E-state index in [1.165, 1.54) is 7.11 Å². The number of halogens is 1. The summed E-state index contributed by atoms with van der Waals surface area (Å²) in [5.41, 5.74) is 3.06. The molecule has 0 saturated heterocycles. The van der Waals surface area contributed by atoms with E-state index in [2.05, 4.69) is 15.9 Å². The Hall–Kier alpha value is -1.65. The fourth-order valence-corrected chi connectivity index (χ4v) is 2.41. The number of rotatable bonds is 4. The van der Waals surface area contributed by atoms with Crippen LogP contribution in [-0.4, -0.2) is 24.8 Å². The van der Waals surface area contributed by atoms with Gasteiger partial charge in [0.05, 0.1) is 12.7 Å². The van der Waals surface area contributed by atoms with Gasteiger partial charge in [-0.1, -0.05) is 46.3 Å². The van der Waals surface area contributed by atoms with Gasteiger partial charge in [-0.15, -0.1) is 0 Å². The van der Waals surface area contributed by atoms with Crippen molar-refractivity contribution in [2.45, 2.75) is 6.42 Å². The summed E-state index contributed by atoms with van der Waals surface area (Å²) in [5.74, 6) is -0.382. The number of aliphatic hydroxyl groups is 1. The molecule has 0 aliphatic heterocycles. The van der Waals surface area contributed by atoms with Crippen molar-refractivity contribution >= 4 is 21.9 Å². The normalized spacial score (nSPS) is 10.3. The lowest BCUT2D eigenvalue weighted by Crippen LogP contribution is -2.09. The summed E-state index contributed by atoms with van der Waals surface area (Å²) in [4.78, 5) is 12.1. The Morgan fingerprint density at radius 2 is 1.90 bits per heavy atom. The van der Waals surface area contributed by atoms with Crippen molar-refractivity contribution in [2.24, 2.45) is 0 Å². The fourth-order valence-electron chi connectivity index (χ4n) is 2.14. The summed E-state index contributed by atoms with van der Waals surface area (Å²) < 4.78 is 5.86. The lowest BCUT2D eigenvalue weighted by atomic mass is 9.94. The number of ether oxygens (including phenoxy) is 1. The largest absolute Gasteiger partial charge is 0.465 e. The van der Waals surface area contributed by atoms with E-state index in [0.717, 1.165) is 21.2 Å². The molecule has 0 amide bonds. The first kappa shape index (κ1) is 14.8. The van der Waals surface area contributed by atoms with Crippen LogP contribution in [0, 0.1) is 0 Å². The van der Waals surface area contributed by atoms with Crippen LogP contribution in [0.1, 0.15) is 15.9 Å². The van der Waals surface area contributed by atoms with E-state index >= 15 is 0 Å². The van der Waals surface area contributed by atoms with Crippen molar-refractivity contribution in [3.05, 3.63) is 58.1 Å². The van der Waals surface area contributed by atoms with E-state index in [-0.39, 0.29) is 12.6 Å². The van der Waals surface area contributed by atoms with E-state index in [0.29, 0.717) is 12.0 Å². The summed E-state index contributed by atoms with van der Waals surface area (Å²) >= 11 is 3.39. The third kappa shape index (κ3) is 3.08. The van der Waals surface area contributed by atoms with Gasteiger partial charge < -0.3 is 9.84 Å². The van der Waals surface area contributed by atoms with Crippen LogP contribution in [0.25, 0.3) is 11.1 Å². The molecule has 0 aliphatic carbocycles. The molecule has 0 radical (unpaired) electrons. The molecule has 0 atom stereocenters. The Morgan fingerprint density at radius 3 is 2.50 bits per heavy atom. The first-order valence-electron chi connectivity index (χ1n) is 6.24. The second-order valence-corrected chi connectivity index (χ2v) is 5.23. The number of aliphatic hydroxyl groups excluding tert-OH is 1. The Labute approximate surface area is 126 Å². The van der Waals surface area contributed by atoms with Crippen LogP contribution in [0.2, 0.25) is 0 Å². The van der Waals surface area contributed by atoms with Gasteiger partial charge in [0, 0.05) is 11.1 Å². The topological polar surface area (TPSA) is 46.5 Å². The number of methoxy groups -OCH3 is 1. The van der Waals surface area contributed by atoms with Gasteiger partial charge in [-0.05, 0) is 35.2 Å². The Kier molecular flexibility index (Phi) is 4.93. The molecule has 4 heteroatoms. The molecule has 0 aromatic heterocycles. The quantitative estimate of drug-likeness (QED) is 0.871. The van der Waals surface area contributed by atoms with Gasteiger partial charge in [-0.25, -0.2) is 4.79 Å². The monoisotopic (exact) mass is 334 g/mol. The smallest absolute Gasteiger partial charge is 0.338 e. The summed E-state index contributed by atoms with van der Waals surface area (Å²) in [5, 5.41) is 9.14. The Balaban J connectivity index is 2.59. The van der Waals surface area contributed by atoms with Gasteiger partial charge in [0.1, 0.15) is 0 Å². The average Bonchev–Trinajstić information content (AvgIpc) is 2.47. The van der Waals surface area contributed by atoms with Gasteiger partial charge >= 0.3 is 5.97 Å². The summed E-state index contributed by atoms with van der Waals surface area (Å²) in [6.07, 6.45) is 0.425. The van der Waals surface area contributed by atoms with E-state index in [4.69, 9.17) is 9.84 Å². The molecule has 0 fully saturated rings. The van der Waals surface area contributed by atoms with Crippen molar-refractivity contribution in [1.82, 2.24) is 0 Å². The van der Waals surface area contributed by atoms with Gasteiger partial charge in [-0.3, -0.25) is 0 Å². The number of esters is 1. The highest BCUT2D eigenvalue weighted by Gasteiger charge is 2.17. The van der Waals surface area contributed by atoms with Gasteiger partial charge in [0.25, 0.3) is 0 Å².